The van der Waals surface area contributed by atoms with Crippen LogP contribution in [0.5, 0.6) is 0 Å². The third-order valence-electron chi connectivity index (χ3n) is 5.52. The molecule has 5 rings (SSSR count). The van der Waals surface area contributed by atoms with Gasteiger partial charge >= 0.3 is 5.97 Å². The molecular weight excluding hydrogens is 441 g/mol. The number of benzene rings is 2. The van der Waals surface area contributed by atoms with Gasteiger partial charge in [-0.3, -0.25) is 0 Å². The fraction of sp³-hybridized carbons (Fsp3) is 0.333. The SMILES string of the molecule is O=C(OC1CN(c2nc3ccc(F)cc3s2)C1)c1ccc(S(=O)(=O)N2CCCC2)cc1. The number of hydrogen-bond donors (Lipinski definition) is 0. The number of aromatic nitrogens is 1. The lowest BCUT2D eigenvalue weighted by Gasteiger charge is -2.38. The maximum absolute atomic E-state index is 13.4. The number of ether oxygens (including phenoxy) is 1. The number of esters is 1. The van der Waals surface area contributed by atoms with Gasteiger partial charge in [-0.1, -0.05) is 11.3 Å². The molecule has 2 fully saturated rings. The van der Waals surface area contributed by atoms with Crippen LogP contribution in [0.15, 0.2) is 47.4 Å². The summed E-state index contributed by atoms with van der Waals surface area (Å²) in [5, 5.41) is 0.768. The van der Waals surface area contributed by atoms with E-state index in [1.54, 1.807) is 6.07 Å². The number of sulfonamides is 1. The fourth-order valence-electron chi connectivity index (χ4n) is 3.75. The molecule has 31 heavy (non-hydrogen) atoms. The first-order valence-electron chi connectivity index (χ1n) is 10.0. The lowest BCUT2D eigenvalue weighted by molar-refractivity contribution is 0.0234. The number of rotatable bonds is 5. The van der Waals surface area contributed by atoms with Crippen LogP contribution in [0.2, 0.25) is 0 Å². The molecule has 0 atom stereocenters. The van der Waals surface area contributed by atoms with Gasteiger partial charge in [0.2, 0.25) is 10.0 Å². The maximum Gasteiger partial charge on any atom is 0.338 e. The van der Waals surface area contributed by atoms with Crippen LogP contribution in [0.1, 0.15) is 23.2 Å². The van der Waals surface area contributed by atoms with Gasteiger partial charge in [0, 0.05) is 13.1 Å². The van der Waals surface area contributed by atoms with Crippen LogP contribution in [0, 0.1) is 5.82 Å². The molecule has 1 aromatic heterocycles. The average Bonchev–Trinajstić information content (AvgIpc) is 3.40. The molecule has 7 nitrogen and oxygen atoms in total. The highest BCUT2D eigenvalue weighted by molar-refractivity contribution is 7.89. The number of carbonyl (C=O) groups is 1. The van der Waals surface area contributed by atoms with Crippen LogP contribution in [0.25, 0.3) is 10.2 Å². The number of halogens is 1. The monoisotopic (exact) mass is 461 g/mol. The molecule has 2 aliphatic heterocycles. The van der Waals surface area contributed by atoms with Crippen LogP contribution < -0.4 is 4.90 Å². The maximum atomic E-state index is 13.4. The molecule has 162 valence electrons. The summed E-state index contributed by atoms with van der Waals surface area (Å²) in [5.41, 5.74) is 1.06. The molecule has 2 saturated heterocycles. The summed E-state index contributed by atoms with van der Waals surface area (Å²) in [5.74, 6) is -0.779. The van der Waals surface area contributed by atoms with E-state index in [1.165, 1.54) is 52.0 Å². The van der Waals surface area contributed by atoms with Gasteiger partial charge < -0.3 is 9.64 Å². The number of hydrogen-bond acceptors (Lipinski definition) is 7. The summed E-state index contributed by atoms with van der Waals surface area (Å²) in [6, 6.07) is 10.4. The Bertz CT molecular complexity index is 1230. The minimum Gasteiger partial charge on any atom is -0.455 e. The second kappa shape index (κ2) is 7.85. The summed E-state index contributed by atoms with van der Waals surface area (Å²) in [7, 11) is -3.50. The molecule has 0 radical (unpaired) electrons. The summed E-state index contributed by atoms with van der Waals surface area (Å²) in [6.45, 7) is 2.09. The third-order valence-corrected chi connectivity index (χ3v) is 8.52. The highest BCUT2D eigenvalue weighted by Gasteiger charge is 2.33. The van der Waals surface area contributed by atoms with E-state index in [2.05, 4.69) is 4.98 Å². The second-order valence-electron chi connectivity index (χ2n) is 7.68. The smallest absolute Gasteiger partial charge is 0.338 e. The van der Waals surface area contributed by atoms with Gasteiger partial charge in [0.05, 0.1) is 33.8 Å². The number of thiazole rings is 1. The zero-order chi connectivity index (χ0) is 21.6. The van der Waals surface area contributed by atoms with Crippen molar-refractivity contribution in [3.8, 4) is 0 Å². The first kappa shape index (κ1) is 20.3. The van der Waals surface area contributed by atoms with Crippen molar-refractivity contribution in [2.75, 3.05) is 31.1 Å². The van der Waals surface area contributed by atoms with Gasteiger partial charge in [-0.2, -0.15) is 4.31 Å². The van der Waals surface area contributed by atoms with Crippen molar-refractivity contribution in [3.63, 3.8) is 0 Å². The molecule has 2 aromatic carbocycles. The van der Waals surface area contributed by atoms with Gasteiger partial charge in [0.15, 0.2) is 5.13 Å². The molecule has 0 spiro atoms. The molecule has 2 aliphatic rings. The predicted octanol–water partition coefficient (Wildman–Crippen LogP) is 3.27. The van der Waals surface area contributed by atoms with Crippen molar-refractivity contribution in [1.29, 1.82) is 0 Å². The summed E-state index contributed by atoms with van der Waals surface area (Å²) in [4.78, 5) is 19.1. The van der Waals surface area contributed by atoms with Crippen molar-refractivity contribution >= 4 is 42.7 Å². The van der Waals surface area contributed by atoms with Crippen LogP contribution in [0.4, 0.5) is 9.52 Å². The fourth-order valence-corrected chi connectivity index (χ4v) is 6.28. The molecule has 0 amide bonds. The summed E-state index contributed by atoms with van der Waals surface area (Å²) >= 11 is 1.40. The van der Waals surface area contributed by atoms with E-state index in [-0.39, 0.29) is 16.8 Å². The van der Waals surface area contributed by atoms with E-state index >= 15 is 0 Å². The Morgan fingerprint density at radius 2 is 1.81 bits per heavy atom. The summed E-state index contributed by atoms with van der Waals surface area (Å²) < 4.78 is 46.3. The lowest BCUT2D eigenvalue weighted by Crippen LogP contribution is -2.53. The molecule has 10 heteroatoms. The zero-order valence-electron chi connectivity index (χ0n) is 16.5. The Morgan fingerprint density at radius 1 is 1.10 bits per heavy atom. The highest BCUT2D eigenvalue weighted by atomic mass is 32.2. The molecule has 0 bridgehead atoms. The van der Waals surface area contributed by atoms with Crippen molar-refractivity contribution in [2.24, 2.45) is 0 Å². The van der Waals surface area contributed by atoms with Gasteiger partial charge in [-0.15, -0.1) is 0 Å². The van der Waals surface area contributed by atoms with Crippen molar-refractivity contribution in [3.05, 3.63) is 53.8 Å². The van der Waals surface area contributed by atoms with E-state index in [9.17, 15) is 17.6 Å². The van der Waals surface area contributed by atoms with Crippen LogP contribution in [0.3, 0.4) is 0 Å². The molecular formula is C21H20FN3O4S2. The zero-order valence-corrected chi connectivity index (χ0v) is 18.2. The largest absolute Gasteiger partial charge is 0.455 e. The first-order valence-corrected chi connectivity index (χ1v) is 12.3. The van der Waals surface area contributed by atoms with Crippen molar-refractivity contribution < 1.29 is 22.3 Å². The normalized spacial score (nSPS) is 17.8. The van der Waals surface area contributed by atoms with Crippen molar-refractivity contribution in [1.82, 2.24) is 9.29 Å². The topological polar surface area (TPSA) is 79.8 Å². The predicted molar refractivity (Wildman–Crippen MR) is 115 cm³/mol. The number of anilines is 1. The van der Waals surface area contributed by atoms with E-state index in [1.807, 2.05) is 4.90 Å². The van der Waals surface area contributed by atoms with E-state index in [4.69, 9.17) is 4.74 Å². The average molecular weight is 462 g/mol. The number of fused-ring (bicyclic) bond motifs is 1. The quantitative estimate of drug-likeness (QED) is 0.543. The molecule has 3 heterocycles. The molecule has 3 aromatic rings. The second-order valence-corrected chi connectivity index (χ2v) is 10.6. The Kier molecular flexibility index (Phi) is 5.15. The standard InChI is InChI=1S/C21H20FN3O4S2/c22-15-5-8-18-19(11-15)30-21(23-18)24-12-16(13-24)29-20(26)14-3-6-17(7-4-14)31(27,28)25-9-1-2-10-25/h3-8,11,16H,1-2,9-10,12-13H2. The molecule has 0 saturated carbocycles. The number of carbonyl (C=O) groups excluding carboxylic acids is 1. The Morgan fingerprint density at radius 3 is 2.52 bits per heavy atom. The Balaban J connectivity index is 1.19. The molecule has 0 aliphatic carbocycles. The van der Waals surface area contributed by atoms with Crippen LogP contribution >= 0.6 is 11.3 Å². The molecule has 0 N–H and O–H groups in total. The molecule has 0 unspecified atom stereocenters. The minimum absolute atomic E-state index is 0.188. The highest BCUT2D eigenvalue weighted by Crippen LogP contribution is 2.32. The van der Waals surface area contributed by atoms with Gasteiger partial charge in [-0.25, -0.2) is 22.6 Å². The third kappa shape index (κ3) is 3.90. The van der Waals surface area contributed by atoms with Gasteiger partial charge in [-0.05, 0) is 55.3 Å². The Hall–Kier alpha value is -2.56. The van der Waals surface area contributed by atoms with E-state index in [0.29, 0.717) is 31.7 Å². The van der Waals surface area contributed by atoms with E-state index in [0.717, 1.165) is 28.2 Å². The van der Waals surface area contributed by atoms with Gasteiger partial charge in [0.25, 0.3) is 0 Å². The summed E-state index contributed by atoms with van der Waals surface area (Å²) in [6.07, 6.45) is 1.47. The van der Waals surface area contributed by atoms with Crippen molar-refractivity contribution in [2.45, 2.75) is 23.8 Å². The van der Waals surface area contributed by atoms with Gasteiger partial charge in [0.1, 0.15) is 11.9 Å². The lowest BCUT2D eigenvalue weighted by atomic mass is 10.2. The Labute approximate surface area is 183 Å². The van der Waals surface area contributed by atoms with E-state index < -0.39 is 16.0 Å². The number of nitrogens with zero attached hydrogens (tertiary/aromatic N) is 3. The first-order chi connectivity index (χ1) is 14.9. The minimum atomic E-state index is -3.50. The van der Waals surface area contributed by atoms with Crippen LogP contribution in [-0.4, -0.2) is 56.0 Å². The van der Waals surface area contributed by atoms with Crippen LogP contribution in [-0.2, 0) is 14.8 Å².